The van der Waals surface area contributed by atoms with Gasteiger partial charge in [0.1, 0.15) is 11.6 Å². The number of aromatic nitrogens is 3. The molecule has 5 rings (SSSR count). The molecule has 2 aromatic heterocycles. The summed E-state index contributed by atoms with van der Waals surface area (Å²) in [6.07, 6.45) is 1.29. The fraction of sp³-hybridized carbons (Fsp3) is 0.360. The number of nitrogens with one attached hydrogen (secondary N) is 1. The molecule has 2 aliphatic rings. The molecular formula is C25H23F4N5O. The minimum absolute atomic E-state index is 0.00983. The molecule has 35 heavy (non-hydrogen) atoms. The molecule has 10 heteroatoms. The van der Waals surface area contributed by atoms with Crippen molar-refractivity contribution in [3.05, 3.63) is 71.4 Å². The predicted octanol–water partition coefficient (Wildman–Crippen LogP) is 5.11. The van der Waals surface area contributed by atoms with Gasteiger partial charge in [0.05, 0.1) is 11.1 Å². The van der Waals surface area contributed by atoms with Gasteiger partial charge in [0.2, 0.25) is 0 Å². The smallest absolute Gasteiger partial charge is 0.368 e. The molecule has 1 aliphatic carbocycles. The van der Waals surface area contributed by atoms with Crippen molar-refractivity contribution in [2.45, 2.75) is 38.4 Å². The number of likely N-dealkylation sites (tertiary alicyclic amines) is 1. The van der Waals surface area contributed by atoms with Crippen molar-refractivity contribution in [1.29, 1.82) is 0 Å². The van der Waals surface area contributed by atoms with Crippen LogP contribution in [0.25, 0.3) is 11.4 Å². The number of pyridine rings is 1. The monoisotopic (exact) mass is 485 g/mol. The van der Waals surface area contributed by atoms with Gasteiger partial charge in [0, 0.05) is 42.8 Å². The summed E-state index contributed by atoms with van der Waals surface area (Å²) in [5, 5.41) is 3.00. The average molecular weight is 485 g/mol. The molecule has 3 aromatic rings. The first kappa shape index (κ1) is 23.2. The first-order chi connectivity index (χ1) is 16.6. The third-order valence-corrected chi connectivity index (χ3v) is 6.65. The quantitative estimate of drug-likeness (QED) is 0.509. The zero-order valence-electron chi connectivity index (χ0n) is 18.9. The third-order valence-electron chi connectivity index (χ3n) is 6.65. The van der Waals surface area contributed by atoms with Crippen molar-refractivity contribution < 1.29 is 22.4 Å². The van der Waals surface area contributed by atoms with E-state index in [4.69, 9.17) is 0 Å². The van der Waals surface area contributed by atoms with E-state index >= 15 is 0 Å². The molecule has 0 unspecified atom stereocenters. The highest BCUT2D eigenvalue weighted by atomic mass is 19.4. The number of rotatable bonds is 5. The molecule has 1 amide bonds. The minimum atomic E-state index is -4.48. The summed E-state index contributed by atoms with van der Waals surface area (Å²) in [6, 6.07) is 7.27. The Kier molecular flexibility index (Phi) is 5.69. The highest BCUT2D eigenvalue weighted by Gasteiger charge is 2.53. The van der Waals surface area contributed by atoms with Crippen molar-refractivity contribution in [3.63, 3.8) is 0 Å². The summed E-state index contributed by atoms with van der Waals surface area (Å²) in [4.78, 5) is 28.0. The number of carbonyl (C=O) groups excluding carboxylic acids is 1. The van der Waals surface area contributed by atoms with Crippen LogP contribution in [0.3, 0.4) is 0 Å². The maximum atomic E-state index is 14.2. The van der Waals surface area contributed by atoms with Crippen LogP contribution in [-0.4, -0.2) is 44.9 Å². The van der Waals surface area contributed by atoms with Crippen LogP contribution in [0.2, 0.25) is 0 Å². The van der Waals surface area contributed by atoms with Crippen LogP contribution in [-0.2, 0) is 6.18 Å². The van der Waals surface area contributed by atoms with Gasteiger partial charge >= 0.3 is 6.18 Å². The summed E-state index contributed by atoms with van der Waals surface area (Å²) < 4.78 is 53.8. The maximum absolute atomic E-state index is 14.2. The van der Waals surface area contributed by atoms with E-state index < -0.39 is 17.6 Å². The van der Waals surface area contributed by atoms with E-state index in [1.165, 1.54) is 25.1 Å². The lowest BCUT2D eigenvalue weighted by molar-refractivity contribution is -0.137. The second-order valence-corrected chi connectivity index (χ2v) is 9.31. The minimum Gasteiger partial charge on any atom is -0.368 e. The van der Waals surface area contributed by atoms with Gasteiger partial charge in [-0.15, -0.1) is 0 Å². The van der Waals surface area contributed by atoms with Gasteiger partial charge in [0.15, 0.2) is 5.82 Å². The van der Waals surface area contributed by atoms with Crippen LogP contribution in [0.15, 0.2) is 48.8 Å². The van der Waals surface area contributed by atoms with Gasteiger partial charge in [-0.25, -0.2) is 19.3 Å². The van der Waals surface area contributed by atoms with E-state index in [0.29, 0.717) is 17.9 Å². The fourth-order valence-electron chi connectivity index (χ4n) is 4.75. The van der Waals surface area contributed by atoms with Gasteiger partial charge in [-0.05, 0) is 68.0 Å². The van der Waals surface area contributed by atoms with Crippen molar-refractivity contribution in [3.8, 4) is 11.4 Å². The lowest BCUT2D eigenvalue weighted by Gasteiger charge is -2.26. The second-order valence-electron chi connectivity index (χ2n) is 9.31. The number of carbonyl (C=O) groups is 1. The third kappa shape index (κ3) is 4.82. The number of hydrogen-bond acceptors (Lipinski definition) is 5. The first-order valence-electron chi connectivity index (χ1n) is 11.3. The van der Waals surface area contributed by atoms with Crippen molar-refractivity contribution >= 4 is 11.7 Å². The zero-order chi connectivity index (χ0) is 24.8. The van der Waals surface area contributed by atoms with Crippen molar-refractivity contribution in [1.82, 2.24) is 19.9 Å². The molecule has 182 valence electrons. The Morgan fingerprint density at radius 1 is 1.17 bits per heavy atom. The lowest BCUT2D eigenvalue weighted by Crippen LogP contribution is -2.40. The highest BCUT2D eigenvalue weighted by molar-refractivity contribution is 6.00. The van der Waals surface area contributed by atoms with Gasteiger partial charge in [-0.3, -0.25) is 4.79 Å². The first-order valence-corrected chi connectivity index (χ1v) is 11.3. The molecule has 0 radical (unpaired) electrons. The molecule has 1 aromatic carbocycles. The van der Waals surface area contributed by atoms with Crippen LogP contribution < -0.4 is 5.32 Å². The van der Waals surface area contributed by atoms with Crippen LogP contribution in [0.1, 0.15) is 40.9 Å². The molecule has 3 heterocycles. The number of benzene rings is 1. The summed E-state index contributed by atoms with van der Waals surface area (Å²) in [5.74, 6) is -0.484. The van der Waals surface area contributed by atoms with E-state index in [2.05, 4.69) is 20.3 Å². The fourth-order valence-corrected chi connectivity index (χ4v) is 4.75. The lowest BCUT2D eigenvalue weighted by atomic mass is 10.0. The number of alkyl halides is 3. The van der Waals surface area contributed by atoms with E-state index in [-0.39, 0.29) is 41.0 Å². The van der Waals surface area contributed by atoms with E-state index in [1.807, 2.05) is 0 Å². The van der Waals surface area contributed by atoms with Crippen LogP contribution >= 0.6 is 0 Å². The largest absolute Gasteiger partial charge is 0.416 e. The van der Waals surface area contributed by atoms with Crippen molar-refractivity contribution in [2.24, 2.45) is 5.41 Å². The molecule has 1 saturated carbocycles. The second kappa shape index (κ2) is 8.58. The van der Waals surface area contributed by atoms with Gasteiger partial charge < -0.3 is 10.2 Å². The van der Waals surface area contributed by atoms with Crippen LogP contribution in [0.5, 0.6) is 0 Å². The van der Waals surface area contributed by atoms with Gasteiger partial charge in [-0.2, -0.15) is 13.2 Å². The molecule has 0 bridgehead atoms. The Morgan fingerprint density at radius 3 is 2.60 bits per heavy atom. The summed E-state index contributed by atoms with van der Waals surface area (Å²) in [6.45, 7) is 2.24. The number of amides is 1. The topological polar surface area (TPSA) is 71.0 Å². The summed E-state index contributed by atoms with van der Waals surface area (Å²) in [5.41, 5.74) is 0.0589. The highest BCUT2D eigenvalue weighted by Crippen LogP contribution is 2.55. The van der Waals surface area contributed by atoms with Crippen LogP contribution in [0.4, 0.5) is 23.4 Å². The SMILES string of the molecule is Cc1cc(C(F)(F)F)cc(NC[C@@H]2CC3(CC3)CN2C(=O)c2cc(F)ccc2-c2ncccn2)n1. The Labute approximate surface area is 199 Å². The number of halogens is 4. The molecule has 1 saturated heterocycles. The van der Waals surface area contributed by atoms with E-state index in [1.54, 1.807) is 23.4 Å². The summed E-state index contributed by atoms with van der Waals surface area (Å²) >= 11 is 0. The molecule has 1 atom stereocenters. The van der Waals surface area contributed by atoms with Gasteiger partial charge in [-0.1, -0.05) is 0 Å². The molecule has 2 fully saturated rings. The number of hydrogen-bond donors (Lipinski definition) is 1. The molecular weight excluding hydrogens is 462 g/mol. The molecule has 6 nitrogen and oxygen atoms in total. The Morgan fingerprint density at radius 2 is 1.91 bits per heavy atom. The molecule has 1 N–H and O–H groups in total. The Bertz CT molecular complexity index is 1260. The number of nitrogens with zero attached hydrogens (tertiary/aromatic N) is 4. The van der Waals surface area contributed by atoms with Crippen LogP contribution in [0, 0.1) is 18.2 Å². The normalized spacial score (nSPS) is 18.7. The molecule has 1 aliphatic heterocycles. The Hall–Kier alpha value is -3.56. The zero-order valence-corrected chi connectivity index (χ0v) is 18.9. The predicted molar refractivity (Wildman–Crippen MR) is 121 cm³/mol. The summed E-state index contributed by atoms with van der Waals surface area (Å²) in [7, 11) is 0. The number of anilines is 1. The van der Waals surface area contributed by atoms with E-state index in [9.17, 15) is 22.4 Å². The van der Waals surface area contributed by atoms with Gasteiger partial charge in [0.25, 0.3) is 5.91 Å². The maximum Gasteiger partial charge on any atom is 0.416 e. The average Bonchev–Trinajstić information content (AvgIpc) is 3.48. The number of aryl methyl sites for hydroxylation is 1. The Balaban J connectivity index is 1.41. The standard InChI is InChI=1S/C25H23F4N5O/c1-15-9-16(25(27,28)29)10-21(33-15)32-13-18-12-24(5-6-24)14-34(18)23(35)20-11-17(26)3-4-19(20)22-30-7-2-8-31-22/h2-4,7-11,18H,5-6,12-14H2,1H3,(H,32,33)/t18-/m0/s1. The van der Waals surface area contributed by atoms with Crippen molar-refractivity contribution in [2.75, 3.05) is 18.4 Å². The molecule has 1 spiro atoms. The van der Waals surface area contributed by atoms with E-state index in [0.717, 1.165) is 31.4 Å².